The molecule has 0 bridgehead atoms. The molecule has 2 aliphatic heterocycles. The second kappa shape index (κ2) is 10.3. The molecule has 3 aromatic rings. The van der Waals surface area contributed by atoms with Crippen molar-refractivity contribution >= 4 is 10.9 Å². The lowest BCUT2D eigenvalue weighted by Gasteiger charge is -2.18. The molecule has 0 saturated carbocycles. The number of ether oxygens (including phenoxy) is 2. The molecule has 1 N–H and O–H groups in total. The van der Waals surface area contributed by atoms with Crippen LogP contribution in [0.2, 0.25) is 0 Å². The van der Waals surface area contributed by atoms with E-state index in [1.54, 1.807) is 6.07 Å². The molecule has 3 unspecified atom stereocenters. The lowest BCUT2D eigenvalue weighted by Crippen LogP contribution is -2.34. The maximum atomic E-state index is 13.7. The van der Waals surface area contributed by atoms with Crippen molar-refractivity contribution in [2.24, 2.45) is 0 Å². The molecule has 2 aliphatic rings. The summed E-state index contributed by atoms with van der Waals surface area (Å²) in [7, 11) is 0. The fourth-order valence-corrected chi connectivity index (χ4v) is 3.77. The zero-order valence-electron chi connectivity index (χ0n) is 18.7. The first kappa shape index (κ1) is 25.3. The molecule has 5 rings (SSSR count). The number of alkyl halides is 2. The summed E-state index contributed by atoms with van der Waals surface area (Å²) in [4.78, 5) is 19.1. The van der Waals surface area contributed by atoms with Gasteiger partial charge in [0.25, 0.3) is 5.92 Å². The van der Waals surface area contributed by atoms with Crippen molar-refractivity contribution in [1.82, 2.24) is 9.97 Å². The van der Waals surface area contributed by atoms with Gasteiger partial charge in [0, 0.05) is 24.4 Å². The molecule has 34 heavy (non-hydrogen) atoms. The van der Waals surface area contributed by atoms with E-state index in [0.717, 1.165) is 6.07 Å². The van der Waals surface area contributed by atoms with Crippen molar-refractivity contribution < 1.29 is 27.0 Å². The largest absolute Gasteiger partial charge is 0.369 e. The van der Waals surface area contributed by atoms with Gasteiger partial charge in [0.2, 0.25) is 0 Å². The zero-order valence-corrected chi connectivity index (χ0v) is 18.7. The maximum absolute atomic E-state index is 13.7. The van der Waals surface area contributed by atoms with Crippen LogP contribution in [0.1, 0.15) is 43.3 Å². The molecular formula is C24H23F4N3O3. The zero-order chi connectivity index (χ0) is 25.0. The van der Waals surface area contributed by atoms with Gasteiger partial charge in [0.1, 0.15) is 18.8 Å². The van der Waals surface area contributed by atoms with Gasteiger partial charge in [-0.1, -0.05) is 26.0 Å². The average molecular weight is 477 g/mol. The highest BCUT2D eigenvalue weighted by atomic mass is 19.3. The van der Waals surface area contributed by atoms with Crippen LogP contribution >= 0.6 is 0 Å². The Morgan fingerprint density at radius 1 is 1.24 bits per heavy atom. The summed E-state index contributed by atoms with van der Waals surface area (Å²) in [5.74, 6) is -4.55. The summed E-state index contributed by atoms with van der Waals surface area (Å²) < 4.78 is 62.4. The van der Waals surface area contributed by atoms with E-state index in [9.17, 15) is 22.4 Å². The summed E-state index contributed by atoms with van der Waals surface area (Å²) in [6.45, 7) is 4.89. The van der Waals surface area contributed by atoms with Crippen molar-refractivity contribution in [3.63, 3.8) is 0 Å². The van der Waals surface area contributed by atoms with Gasteiger partial charge in [-0.2, -0.15) is 5.26 Å². The van der Waals surface area contributed by atoms with Crippen LogP contribution in [-0.2, 0) is 9.47 Å². The lowest BCUT2D eigenvalue weighted by molar-refractivity contribution is -0.114. The number of hydrogen-bond donors (Lipinski definition) is 1. The fraction of sp³-hybridized carbons (Fsp3) is 0.375. The molecule has 180 valence electrons. The highest BCUT2D eigenvalue weighted by molar-refractivity contribution is 5.82. The number of rotatable bonds is 1. The Bertz CT molecular complexity index is 1250. The Morgan fingerprint density at radius 2 is 1.97 bits per heavy atom. The number of nitriles is 1. The molecule has 2 aromatic heterocycles. The molecule has 2 saturated heterocycles. The van der Waals surface area contributed by atoms with Crippen LogP contribution in [0.4, 0.5) is 17.6 Å². The van der Waals surface area contributed by atoms with Gasteiger partial charge < -0.3 is 14.5 Å². The van der Waals surface area contributed by atoms with E-state index >= 15 is 0 Å². The number of fused-ring (bicyclic) bond motifs is 2. The second-order valence-corrected chi connectivity index (χ2v) is 7.55. The van der Waals surface area contributed by atoms with Crippen LogP contribution in [0.15, 0.2) is 41.3 Å². The Balaban J connectivity index is 0.000000248. The lowest BCUT2D eigenvalue weighted by atomic mass is 10.1. The van der Waals surface area contributed by atoms with E-state index < -0.39 is 47.9 Å². The minimum atomic E-state index is -3.02. The van der Waals surface area contributed by atoms with Gasteiger partial charge in [-0.15, -0.1) is 0 Å². The third kappa shape index (κ3) is 4.95. The van der Waals surface area contributed by atoms with Gasteiger partial charge >= 0.3 is 0 Å². The van der Waals surface area contributed by atoms with E-state index in [2.05, 4.69) is 9.97 Å². The second-order valence-electron chi connectivity index (χ2n) is 7.55. The molecule has 0 aliphatic carbocycles. The number of aromatic amines is 1. The molecule has 0 spiro atoms. The van der Waals surface area contributed by atoms with Crippen molar-refractivity contribution in [3.05, 3.63) is 75.3 Å². The molecule has 0 radical (unpaired) electrons. The first-order valence-corrected chi connectivity index (χ1v) is 10.7. The Morgan fingerprint density at radius 3 is 2.59 bits per heavy atom. The normalized spacial score (nSPS) is 22.1. The van der Waals surface area contributed by atoms with Crippen molar-refractivity contribution in [2.75, 3.05) is 6.61 Å². The van der Waals surface area contributed by atoms with Crippen LogP contribution in [-0.4, -0.2) is 34.7 Å². The van der Waals surface area contributed by atoms with Gasteiger partial charge in [-0.3, -0.25) is 4.79 Å². The van der Waals surface area contributed by atoms with E-state index in [-0.39, 0.29) is 17.5 Å². The highest BCUT2D eigenvalue weighted by Gasteiger charge is 2.57. The van der Waals surface area contributed by atoms with E-state index in [1.165, 1.54) is 31.3 Å². The van der Waals surface area contributed by atoms with Crippen LogP contribution in [0.25, 0.3) is 10.9 Å². The smallest absolute Gasteiger partial charge is 0.299 e. The van der Waals surface area contributed by atoms with Gasteiger partial charge in [0.15, 0.2) is 28.9 Å². The number of aromatic nitrogens is 2. The summed E-state index contributed by atoms with van der Waals surface area (Å²) in [5, 5.41) is 9.20. The number of pyridine rings is 2. The predicted octanol–water partition coefficient (Wildman–Crippen LogP) is 4.96. The van der Waals surface area contributed by atoms with Gasteiger partial charge in [0.05, 0.1) is 17.0 Å². The quantitative estimate of drug-likeness (QED) is 0.501. The third-order valence-electron chi connectivity index (χ3n) is 5.36. The number of nitrogens with one attached hydrogen (secondary N) is 1. The Labute approximate surface area is 193 Å². The Hall–Kier alpha value is -3.29. The number of aryl methyl sites for hydroxylation is 1. The van der Waals surface area contributed by atoms with Crippen LogP contribution in [0, 0.1) is 29.9 Å². The summed E-state index contributed by atoms with van der Waals surface area (Å²) in [5.41, 5.74) is 0.787. The van der Waals surface area contributed by atoms with Crippen LogP contribution < -0.4 is 5.43 Å². The minimum absolute atomic E-state index is 0.0226. The predicted molar refractivity (Wildman–Crippen MR) is 116 cm³/mol. The molecule has 2 fully saturated rings. The standard InChI is InChI=1S/C15H11F2N3O3.C7H6F2.C2H6/c16-15(17)6-22-12-4-11(23-14(12)15)8-3-10(21)13-7(20-8)1-2-19-9(13)5-18;1-5-3-2-4-6(8)7(5)9;1-2/h1-3,11-12,14H,4,6H2,(H,20,21);2-4H,1H3;1-2H3. The number of H-pyrrole nitrogens is 1. The minimum Gasteiger partial charge on any atom is -0.369 e. The van der Waals surface area contributed by atoms with Crippen molar-refractivity contribution in [3.8, 4) is 6.07 Å². The molecular weight excluding hydrogens is 454 g/mol. The number of nitrogens with zero attached hydrogens (tertiary/aromatic N) is 2. The van der Waals surface area contributed by atoms with E-state index in [0.29, 0.717) is 16.8 Å². The van der Waals surface area contributed by atoms with Gasteiger partial charge in [-0.25, -0.2) is 22.5 Å². The topological polar surface area (TPSA) is 88.0 Å². The highest BCUT2D eigenvalue weighted by Crippen LogP contribution is 2.44. The first-order valence-electron chi connectivity index (χ1n) is 10.7. The molecule has 1 aromatic carbocycles. The first-order chi connectivity index (χ1) is 16.2. The molecule has 3 atom stereocenters. The fourth-order valence-electron chi connectivity index (χ4n) is 3.77. The average Bonchev–Trinajstić information content (AvgIpc) is 3.39. The number of halogens is 4. The van der Waals surface area contributed by atoms with E-state index in [4.69, 9.17) is 14.7 Å². The van der Waals surface area contributed by atoms with Crippen molar-refractivity contribution in [2.45, 2.75) is 51.4 Å². The molecule has 4 heterocycles. The van der Waals surface area contributed by atoms with Crippen molar-refractivity contribution in [1.29, 1.82) is 5.26 Å². The monoisotopic (exact) mass is 477 g/mol. The third-order valence-corrected chi connectivity index (χ3v) is 5.36. The maximum Gasteiger partial charge on any atom is 0.299 e. The SMILES string of the molecule is CC.Cc1cccc(F)c1F.N#Cc1nccc2[nH]c(C3CC4OCC(F)(F)C4O3)cc(=O)c12. The van der Waals surface area contributed by atoms with E-state index in [1.807, 2.05) is 19.9 Å². The van der Waals surface area contributed by atoms with Gasteiger partial charge in [-0.05, 0) is 24.6 Å². The van der Waals surface area contributed by atoms with Crippen LogP contribution in [0.5, 0.6) is 0 Å². The molecule has 6 nitrogen and oxygen atoms in total. The number of benzene rings is 1. The summed E-state index contributed by atoms with van der Waals surface area (Å²) in [6, 6.07) is 8.80. The molecule has 10 heteroatoms. The number of hydrogen-bond acceptors (Lipinski definition) is 5. The Kier molecular flexibility index (Phi) is 7.69. The molecule has 0 amide bonds. The summed E-state index contributed by atoms with van der Waals surface area (Å²) in [6.07, 6.45) is -0.993. The summed E-state index contributed by atoms with van der Waals surface area (Å²) >= 11 is 0. The van der Waals surface area contributed by atoms with Crippen LogP contribution in [0.3, 0.4) is 0 Å².